The maximum Gasteiger partial charge on any atom is 0.238 e. The van der Waals surface area contributed by atoms with Gasteiger partial charge in [-0.25, -0.2) is 4.98 Å². The highest BCUT2D eigenvalue weighted by molar-refractivity contribution is 6.32. The molecule has 17 heavy (non-hydrogen) atoms. The quantitative estimate of drug-likeness (QED) is 0.909. The SMILES string of the molecule is COc1ccc(Oc2ncc(N)cc2Cl)cc1. The van der Waals surface area contributed by atoms with Gasteiger partial charge in [-0.15, -0.1) is 0 Å². The molecule has 0 aliphatic rings. The number of rotatable bonds is 3. The number of nitrogens with zero attached hydrogens (tertiary/aromatic N) is 1. The summed E-state index contributed by atoms with van der Waals surface area (Å²) >= 11 is 5.95. The molecule has 0 unspecified atom stereocenters. The predicted molar refractivity (Wildman–Crippen MR) is 66.7 cm³/mol. The molecule has 0 radical (unpaired) electrons. The minimum absolute atomic E-state index is 0.325. The van der Waals surface area contributed by atoms with Crippen molar-refractivity contribution in [3.63, 3.8) is 0 Å². The molecule has 0 fully saturated rings. The summed E-state index contributed by atoms with van der Waals surface area (Å²) < 4.78 is 10.6. The summed E-state index contributed by atoms with van der Waals surface area (Å²) in [7, 11) is 1.61. The topological polar surface area (TPSA) is 57.4 Å². The first-order valence-corrected chi connectivity index (χ1v) is 5.30. The lowest BCUT2D eigenvalue weighted by Gasteiger charge is -2.07. The Hall–Kier alpha value is -1.94. The van der Waals surface area contributed by atoms with Crippen molar-refractivity contribution in [1.29, 1.82) is 0 Å². The summed E-state index contributed by atoms with van der Waals surface area (Å²) in [4.78, 5) is 4.01. The Morgan fingerprint density at radius 2 is 1.82 bits per heavy atom. The smallest absolute Gasteiger partial charge is 0.238 e. The molecule has 4 nitrogen and oxygen atoms in total. The van der Waals surface area contributed by atoms with E-state index in [4.69, 9.17) is 26.8 Å². The van der Waals surface area contributed by atoms with Crippen LogP contribution in [0.1, 0.15) is 0 Å². The van der Waals surface area contributed by atoms with Crippen LogP contribution in [0, 0.1) is 0 Å². The zero-order valence-electron chi connectivity index (χ0n) is 9.18. The molecule has 1 aromatic carbocycles. The molecule has 0 atom stereocenters. The van der Waals surface area contributed by atoms with E-state index < -0.39 is 0 Å². The zero-order chi connectivity index (χ0) is 12.3. The number of ether oxygens (including phenoxy) is 2. The summed E-state index contributed by atoms with van der Waals surface area (Å²) in [6.45, 7) is 0. The summed E-state index contributed by atoms with van der Waals surface area (Å²) in [5.41, 5.74) is 6.04. The van der Waals surface area contributed by atoms with Crippen molar-refractivity contribution >= 4 is 17.3 Å². The minimum Gasteiger partial charge on any atom is -0.497 e. The van der Waals surface area contributed by atoms with Crippen LogP contribution in [-0.2, 0) is 0 Å². The fourth-order valence-corrected chi connectivity index (χ4v) is 1.48. The molecule has 0 saturated carbocycles. The number of halogens is 1. The van der Waals surface area contributed by atoms with Gasteiger partial charge in [-0.2, -0.15) is 0 Å². The van der Waals surface area contributed by atoms with Gasteiger partial charge in [0.1, 0.15) is 16.5 Å². The molecule has 88 valence electrons. The van der Waals surface area contributed by atoms with E-state index in [1.165, 1.54) is 6.20 Å². The van der Waals surface area contributed by atoms with Crippen molar-refractivity contribution < 1.29 is 9.47 Å². The summed E-state index contributed by atoms with van der Waals surface area (Å²) in [6, 6.07) is 8.72. The number of nitrogen functional groups attached to an aromatic ring is 1. The van der Waals surface area contributed by atoms with Crippen molar-refractivity contribution in [2.24, 2.45) is 0 Å². The lowest BCUT2D eigenvalue weighted by molar-refractivity contribution is 0.412. The molecular formula is C12H11ClN2O2. The first kappa shape index (κ1) is 11.5. The highest BCUT2D eigenvalue weighted by atomic mass is 35.5. The number of nitrogens with two attached hydrogens (primary N) is 1. The van der Waals surface area contributed by atoms with Crippen LogP contribution in [0.25, 0.3) is 0 Å². The van der Waals surface area contributed by atoms with Gasteiger partial charge >= 0.3 is 0 Å². The predicted octanol–water partition coefficient (Wildman–Crippen LogP) is 3.12. The lowest BCUT2D eigenvalue weighted by atomic mass is 10.3. The third kappa shape index (κ3) is 2.79. The number of anilines is 1. The lowest BCUT2D eigenvalue weighted by Crippen LogP contribution is -1.92. The van der Waals surface area contributed by atoms with Gasteiger partial charge in [-0.3, -0.25) is 0 Å². The normalized spacial score (nSPS) is 10.0. The van der Waals surface area contributed by atoms with Crippen LogP contribution in [0.2, 0.25) is 5.02 Å². The molecule has 2 rings (SSSR count). The van der Waals surface area contributed by atoms with E-state index in [0.717, 1.165) is 5.75 Å². The number of aromatic nitrogens is 1. The molecule has 0 spiro atoms. The van der Waals surface area contributed by atoms with Crippen LogP contribution < -0.4 is 15.2 Å². The Balaban J connectivity index is 2.19. The molecule has 0 amide bonds. The molecule has 0 saturated heterocycles. The van der Waals surface area contributed by atoms with Gasteiger partial charge in [0.2, 0.25) is 5.88 Å². The number of hydrogen-bond acceptors (Lipinski definition) is 4. The second kappa shape index (κ2) is 4.93. The monoisotopic (exact) mass is 250 g/mol. The van der Waals surface area contributed by atoms with Crippen molar-refractivity contribution in [2.45, 2.75) is 0 Å². The number of methoxy groups -OCH3 is 1. The van der Waals surface area contributed by atoms with E-state index in [0.29, 0.717) is 22.3 Å². The number of hydrogen-bond donors (Lipinski definition) is 1. The summed E-state index contributed by atoms with van der Waals surface area (Å²) in [6.07, 6.45) is 1.49. The van der Waals surface area contributed by atoms with E-state index in [2.05, 4.69) is 4.98 Å². The van der Waals surface area contributed by atoms with Gasteiger partial charge in [-0.1, -0.05) is 11.6 Å². The Morgan fingerprint density at radius 3 is 2.41 bits per heavy atom. The number of benzene rings is 1. The standard InChI is InChI=1S/C12H11ClN2O2/c1-16-9-2-4-10(5-3-9)17-12-11(13)6-8(14)7-15-12/h2-7H,14H2,1H3. The molecule has 0 bridgehead atoms. The van der Waals surface area contributed by atoms with Gasteiger partial charge in [0, 0.05) is 0 Å². The second-order valence-corrected chi connectivity index (χ2v) is 3.74. The highest BCUT2D eigenvalue weighted by Crippen LogP contribution is 2.29. The molecule has 0 aliphatic heterocycles. The molecule has 1 aromatic heterocycles. The van der Waals surface area contributed by atoms with Crippen molar-refractivity contribution in [2.75, 3.05) is 12.8 Å². The molecule has 2 N–H and O–H groups in total. The maximum absolute atomic E-state index is 5.95. The molecule has 5 heteroatoms. The Bertz CT molecular complexity index is 514. The van der Waals surface area contributed by atoms with Gasteiger partial charge in [-0.05, 0) is 30.3 Å². The Morgan fingerprint density at radius 1 is 1.18 bits per heavy atom. The Kier molecular flexibility index (Phi) is 3.35. The summed E-state index contributed by atoms with van der Waals surface area (Å²) in [5.74, 6) is 1.71. The first-order valence-electron chi connectivity index (χ1n) is 4.92. The Labute approximate surface area is 104 Å². The molecule has 1 heterocycles. The van der Waals surface area contributed by atoms with Gasteiger partial charge in [0.15, 0.2) is 0 Å². The second-order valence-electron chi connectivity index (χ2n) is 3.33. The number of pyridine rings is 1. The average Bonchev–Trinajstić information content (AvgIpc) is 2.34. The fraction of sp³-hybridized carbons (Fsp3) is 0.0833. The van der Waals surface area contributed by atoms with E-state index in [9.17, 15) is 0 Å². The summed E-state index contributed by atoms with van der Waals surface area (Å²) in [5, 5.41) is 0.376. The highest BCUT2D eigenvalue weighted by Gasteiger charge is 2.05. The maximum atomic E-state index is 5.95. The molecule has 0 aliphatic carbocycles. The van der Waals surface area contributed by atoms with E-state index in [1.54, 1.807) is 37.4 Å². The van der Waals surface area contributed by atoms with Crippen molar-refractivity contribution in [3.8, 4) is 17.4 Å². The van der Waals surface area contributed by atoms with Gasteiger partial charge in [0.25, 0.3) is 0 Å². The minimum atomic E-state index is 0.325. The third-order valence-corrected chi connectivity index (χ3v) is 2.37. The van der Waals surface area contributed by atoms with Gasteiger partial charge in [0.05, 0.1) is 19.0 Å². The van der Waals surface area contributed by atoms with E-state index >= 15 is 0 Å². The van der Waals surface area contributed by atoms with Crippen LogP contribution in [0.4, 0.5) is 5.69 Å². The molecule has 2 aromatic rings. The average molecular weight is 251 g/mol. The van der Waals surface area contributed by atoms with Crippen LogP contribution >= 0.6 is 11.6 Å². The fourth-order valence-electron chi connectivity index (χ4n) is 1.27. The van der Waals surface area contributed by atoms with E-state index in [1.807, 2.05) is 0 Å². The van der Waals surface area contributed by atoms with Crippen molar-refractivity contribution in [3.05, 3.63) is 41.6 Å². The van der Waals surface area contributed by atoms with E-state index in [-0.39, 0.29) is 0 Å². The van der Waals surface area contributed by atoms with Crippen LogP contribution in [0.15, 0.2) is 36.5 Å². The first-order chi connectivity index (χ1) is 8.19. The van der Waals surface area contributed by atoms with Gasteiger partial charge < -0.3 is 15.2 Å². The third-order valence-electron chi connectivity index (χ3n) is 2.10. The van der Waals surface area contributed by atoms with Crippen LogP contribution in [0.3, 0.4) is 0 Å². The molecular weight excluding hydrogens is 240 g/mol. The van der Waals surface area contributed by atoms with Crippen molar-refractivity contribution in [1.82, 2.24) is 4.98 Å². The van der Waals surface area contributed by atoms with Crippen LogP contribution in [0.5, 0.6) is 17.4 Å². The largest absolute Gasteiger partial charge is 0.497 e. The zero-order valence-corrected chi connectivity index (χ0v) is 9.94. The van der Waals surface area contributed by atoms with Crippen LogP contribution in [-0.4, -0.2) is 12.1 Å².